The summed E-state index contributed by atoms with van der Waals surface area (Å²) in [6, 6.07) is 7.01. The maximum absolute atomic E-state index is 12.8. The minimum absolute atomic E-state index is 0.0688. The van der Waals surface area contributed by atoms with E-state index < -0.39 is 17.8 Å². The molecule has 0 saturated carbocycles. The highest BCUT2D eigenvalue weighted by Gasteiger charge is 2.61. The zero-order valence-corrected chi connectivity index (χ0v) is 12.4. The summed E-state index contributed by atoms with van der Waals surface area (Å²) >= 11 is 0. The number of fused-ring (bicyclic) bond motifs is 1. The number of amides is 3. The van der Waals surface area contributed by atoms with E-state index in [1.54, 1.807) is 30.2 Å². The molecule has 0 radical (unpaired) electrons. The number of hydrogen-bond acceptors (Lipinski definition) is 3. The van der Waals surface area contributed by atoms with Crippen molar-refractivity contribution >= 4 is 23.4 Å². The maximum Gasteiger partial charge on any atom is 0.240 e. The van der Waals surface area contributed by atoms with Gasteiger partial charge in [-0.15, -0.1) is 0 Å². The first-order valence-electron chi connectivity index (χ1n) is 7.40. The summed E-state index contributed by atoms with van der Waals surface area (Å²) in [4.78, 5) is 40.7. The van der Waals surface area contributed by atoms with Gasteiger partial charge in [-0.05, 0) is 19.1 Å². The highest BCUT2D eigenvalue weighted by molar-refractivity contribution is 6.24. The Labute approximate surface area is 128 Å². The monoisotopic (exact) mass is 296 g/mol. The van der Waals surface area contributed by atoms with Crippen LogP contribution in [-0.4, -0.2) is 35.7 Å². The molecule has 4 aliphatic rings. The van der Waals surface area contributed by atoms with Crippen molar-refractivity contribution in [2.75, 3.05) is 11.9 Å². The first-order valence-corrected chi connectivity index (χ1v) is 7.40. The van der Waals surface area contributed by atoms with Gasteiger partial charge < -0.3 is 4.90 Å². The quantitative estimate of drug-likeness (QED) is 0.576. The number of imide groups is 1. The summed E-state index contributed by atoms with van der Waals surface area (Å²) in [5, 5.41) is 0. The van der Waals surface area contributed by atoms with Crippen molar-refractivity contribution in [3.05, 3.63) is 42.0 Å². The largest absolute Gasteiger partial charge is 0.338 e. The number of likely N-dealkylation sites (N-methyl/N-ethyl adjacent to an activating group) is 1. The molecule has 3 amide bonds. The van der Waals surface area contributed by atoms with E-state index >= 15 is 0 Å². The number of carbonyl (C=O) groups is 3. The lowest BCUT2D eigenvalue weighted by molar-refractivity contribution is -0.148. The molecular formula is C17H16N2O3. The van der Waals surface area contributed by atoms with Gasteiger partial charge in [0, 0.05) is 7.05 Å². The predicted octanol–water partition coefficient (Wildman–Crippen LogP) is 1.13. The first-order chi connectivity index (χ1) is 10.5. The molecular weight excluding hydrogens is 280 g/mol. The fourth-order valence-corrected chi connectivity index (χ4v) is 3.86. The molecule has 2 saturated heterocycles. The number of piperidine rings is 1. The average molecular weight is 296 g/mol. The van der Waals surface area contributed by atoms with Crippen LogP contribution in [0, 0.1) is 24.7 Å². The summed E-state index contributed by atoms with van der Waals surface area (Å²) in [5.74, 6) is -2.02. The maximum atomic E-state index is 12.8. The van der Waals surface area contributed by atoms with Crippen LogP contribution in [-0.2, 0) is 14.4 Å². The molecule has 3 heterocycles. The van der Waals surface area contributed by atoms with Gasteiger partial charge in [-0.2, -0.15) is 0 Å². The molecule has 0 unspecified atom stereocenters. The van der Waals surface area contributed by atoms with E-state index in [1.165, 1.54) is 4.90 Å². The van der Waals surface area contributed by atoms with Gasteiger partial charge in [-0.25, -0.2) is 4.90 Å². The molecule has 5 heteroatoms. The van der Waals surface area contributed by atoms with Crippen molar-refractivity contribution in [1.29, 1.82) is 0 Å². The molecule has 5 nitrogen and oxygen atoms in total. The van der Waals surface area contributed by atoms with Crippen LogP contribution in [0.1, 0.15) is 5.56 Å². The molecule has 0 spiro atoms. The van der Waals surface area contributed by atoms with Crippen molar-refractivity contribution in [3.63, 3.8) is 0 Å². The molecule has 5 rings (SSSR count). The van der Waals surface area contributed by atoms with E-state index in [4.69, 9.17) is 0 Å². The summed E-state index contributed by atoms with van der Waals surface area (Å²) in [5.41, 5.74) is 1.65. The summed E-state index contributed by atoms with van der Waals surface area (Å²) < 4.78 is 0. The average Bonchev–Trinajstić information content (AvgIpc) is 2.78. The Morgan fingerprint density at radius 2 is 1.50 bits per heavy atom. The second-order valence-corrected chi connectivity index (χ2v) is 6.25. The molecule has 4 atom stereocenters. The number of benzene rings is 1. The second kappa shape index (κ2) is 4.29. The molecule has 0 aromatic heterocycles. The van der Waals surface area contributed by atoms with E-state index in [2.05, 4.69) is 0 Å². The van der Waals surface area contributed by atoms with Crippen LogP contribution >= 0.6 is 0 Å². The third kappa shape index (κ3) is 1.51. The van der Waals surface area contributed by atoms with E-state index in [0.717, 1.165) is 5.56 Å². The number of carbonyl (C=O) groups excluding carboxylic acids is 3. The van der Waals surface area contributed by atoms with Crippen LogP contribution in [0.5, 0.6) is 0 Å². The molecule has 2 fully saturated rings. The zero-order valence-electron chi connectivity index (χ0n) is 12.4. The zero-order chi connectivity index (χ0) is 15.6. The number of nitrogens with zero attached hydrogens (tertiary/aromatic N) is 2. The van der Waals surface area contributed by atoms with Crippen LogP contribution in [0.15, 0.2) is 36.4 Å². The van der Waals surface area contributed by atoms with Crippen molar-refractivity contribution in [1.82, 2.24) is 4.90 Å². The van der Waals surface area contributed by atoms with Crippen LogP contribution in [0.25, 0.3) is 0 Å². The van der Waals surface area contributed by atoms with Crippen molar-refractivity contribution in [2.45, 2.75) is 13.0 Å². The number of anilines is 1. The van der Waals surface area contributed by atoms with E-state index in [1.807, 2.05) is 25.1 Å². The lowest BCUT2D eigenvalue weighted by atomic mass is 9.70. The fourth-order valence-electron chi connectivity index (χ4n) is 3.86. The summed E-state index contributed by atoms with van der Waals surface area (Å²) in [7, 11) is 1.70. The van der Waals surface area contributed by atoms with E-state index in [9.17, 15) is 14.4 Å². The number of hydrogen-bond donors (Lipinski definition) is 0. The molecule has 22 heavy (non-hydrogen) atoms. The molecule has 1 aromatic rings. The minimum atomic E-state index is -0.549. The highest BCUT2D eigenvalue weighted by Crippen LogP contribution is 2.46. The Hall–Kier alpha value is -2.43. The smallest absolute Gasteiger partial charge is 0.240 e. The minimum Gasteiger partial charge on any atom is -0.338 e. The normalized spacial score (nSPS) is 32.9. The van der Waals surface area contributed by atoms with Gasteiger partial charge in [0.2, 0.25) is 17.7 Å². The van der Waals surface area contributed by atoms with Crippen molar-refractivity contribution in [3.8, 4) is 0 Å². The predicted molar refractivity (Wildman–Crippen MR) is 79.8 cm³/mol. The molecule has 1 aliphatic carbocycles. The summed E-state index contributed by atoms with van der Waals surface area (Å²) in [6.07, 6.45) is 3.68. The molecule has 112 valence electrons. The van der Waals surface area contributed by atoms with E-state index in [-0.39, 0.29) is 23.8 Å². The Bertz CT molecular complexity index is 722. The lowest BCUT2D eigenvalue weighted by Crippen LogP contribution is -2.57. The van der Waals surface area contributed by atoms with Crippen LogP contribution < -0.4 is 4.90 Å². The standard InChI is InChI=1S/C17H16N2O3/c1-9-3-5-10(6-4-9)19-16(21)13-11-7-8-12(14(13)17(19)22)18(2)15(11)20/h3-8,11-14H,1-2H3/t11-,12+,13+,14+/m1/s1. The molecule has 2 bridgehead atoms. The lowest BCUT2D eigenvalue weighted by Gasteiger charge is -2.44. The fraction of sp³-hybridized carbons (Fsp3) is 0.353. The third-order valence-corrected chi connectivity index (χ3v) is 5.04. The SMILES string of the molecule is Cc1ccc(N2C(=O)[C@@H]3[C@@H](C2=O)[C@@H]2C=C[C@H]3C(=O)N2C)cc1. The highest BCUT2D eigenvalue weighted by atomic mass is 16.2. The van der Waals surface area contributed by atoms with Gasteiger partial charge in [0.05, 0.1) is 29.5 Å². The second-order valence-electron chi connectivity index (χ2n) is 6.25. The Balaban J connectivity index is 1.78. The van der Waals surface area contributed by atoms with Gasteiger partial charge in [0.1, 0.15) is 0 Å². The number of aryl methyl sites for hydroxylation is 1. The van der Waals surface area contributed by atoms with Crippen LogP contribution in [0.4, 0.5) is 5.69 Å². The van der Waals surface area contributed by atoms with Crippen LogP contribution in [0.3, 0.4) is 0 Å². The van der Waals surface area contributed by atoms with Crippen molar-refractivity contribution in [2.24, 2.45) is 17.8 Å². The van der Waals surface area contributed by atoms with Gasteiger partial charge in [0.15, 0.2) is 0 Å². The topological polar surface area (TPSA) is 57.7 Å². The molecule has 3 aliphatic heterocycles. The van der Waals surface area contributed by atoms with Gasteiger partial charge >= 0.3 is 0 Å². The summed E-state index contributed by atoms with van der Waals surface area (Å²) in [6.45, 7) is 1.95. The third-order valence-electron chi connectivity index (χ3n) is 5.04. The van der Waals surface area contributed by atoms with Gasteiger partial charge in [-0.1, -0.05) is 29.8 Å². The first kappa shape index (κ1) is 13.2. The molecule has 1 aromatic carbocycles. The molecule has 0 N–H and O–H groups in total. The Morgan fingerprint density at radius 3 is 2.18 bits per heavy atom. The van der Waals surface area contributed by atoms with Gasteiger partial charge in [0.25, 0.3) is 0 Å². The number of rotatable bonds is 1. The van der Waals surface area contributed by atoms with Crippen LogP contribution in [0.2, 0.25) is 0 Å². The van der Waals surface area contributed by atoms with Crippen molar-refractivity contribution < 1.29 is 14.4 Å². The van der Waals surface area contributed by atoms with E-state index in [0.29, 0.717) is 5.69 Å². The van der Waals surface area contributed by atoms with Gasteiger partial charge in [-0.3, -0.25) is 14.4 Å². The Kier molecular flexibility index (Phi) is 2.58. The Morgan fingerprint density at radius 1 is 0.864 bits per heavy atom.